The molecule has 0 aliphatic carbocycles. The second kappa shape index (κ2) is 5.24. The van der Waals surface area contributed by atoms with Gasteiger partial charge < -0.3 is 5.32 Å². The van der Waals surface area contributed by atoms with Gasteiger partial charge in [0.1, 0.15) is 11.6 Å². The Kier molecular flexibility index (Phi) is 3.90. The van der Waals surface area contributed by atoms with E-state index >= 15 is 0 Å². The van der Waals surface area contributed by atoms with Crippen molar-refractivity contribution < 1.29 is 9.18 Å². The number of anilines is 1. The van der Waals surface area contributed by atoms with Crippen molar-refractivity contribution in [1.29, 1.82) is 0 Å². The third-order valence-electron chi connectivity index (χ3n) is 1.84. The average molecular weight is 380 g/mol. The Hall–Kier alpha value is -0.790. The number of nitrogens with one attached hydrogen (secondary N) is 1. The van der Waals surface area contributed by atoms with E-state index in [1.165, 1.54) is 23.5 Å². The molecule has 2 aromatic rings. The Balaban J connectivity index is 2.14. The van der Waals surface area contributed by atoms with Crippen molar-refractivity contribution in [3.05, 3.63) is 43.3 Å². The molecule has 7 heteroatoms. The molecule has 2 heterocycles. The summed E-state index contributed by atoms with van der Waals surface area (Å²) in [5.41, 5.74) is 0. The molecule has 0 fully saturated rings. The maximum absolute atomic E-state index is 12.6. The molecule has 0 radical (unpaired) electrons. The molecule has 2 aromatic heterocycles. The van der Waals surface area contributed by atoms with Gasteiger partial charge in [0.15, 0.2) is 0 Å². The lowest BCUT2D eigenvalue weighted by Crippen LogP contribution is -2.11. The van der Waals surface area contributed by atoms with E-state index in [1.807, 2.05) is 0 Å². The molecule has 17 heavy (non-hydrogen) atoms. The molecule has 0 spiro atoms. The van der Waals surface area contributed by atoms with Crippen molar-refractivity contribution in [1.82, 2.24) is 4.98 Å². The highest BCUT2D eigenvalue weighted by Gasteiger charge is 2.12. The number of halogens is 3. The standard InChI is InChI=1S/C10H5Br2FN2OS/c11-6-3-7(17-9(6)12)10(16)15-8-2-1-5(13)4-14-8/h1-4H,(H,14,15,16). The Bertz CT molecular complexity index is 536. The molecule has 0 atom stereocenters. The van der Waals surface area contributed by atoms with Crippen molar-refractivity contribution in [3.63, 3.8) is 0 Å². The molecule has 88 valence electrons. The van der Waals surface area contributed by atoms with Gasteiger partial charge in [-0.25, -0.2) is 9.37 Å². The number of hydrogen-bond donors (Lipinski definition) is 1. The van der Waals surface area contributed by atoms with Crippen molar-refractivity contribution in [3.8, 4) is 0 Å². The Morgan fingerprint density at radius 3 is 2.71 bits per heavy atom. The first kappa shape index (κ1) is 12.7. The maximum atomic E-state index is 12.6. The third-order valence-corrected chi connectivity index (χ3v) is 5.09. The number of thiophene rings is 1. The fourth-order valence-corrected chi connectivity index (χ4v) is 3.02. The number of rotatable bonds is 2. The molecule has 0 aliphatic rings. The maximum Gasteiger partial charge on any atom is 0.266 e. The fraction of sp³-hybridized carbons (Fsp3) is 0. The summed E-state index contributed by atoms with van der Waals surface area (Å²) in [4.78, 5) is 16.1. The highest BCUT2D eigenvalue weighted by Crippen LogP contribution is 2.32. The van der Waals surface area contributed by atoms with Gasteiger partial charge in [0.25, 0.3) is 5.91 Å². The first-order valence-electron chi connectivity index (χ1n) is 4.44. The number of nitrogens with zero attached hydrogens (tertiary/aromatic N) is 1. The van der Waals surface area contributed by atoms with Crippen molar-refractivity contribution in [2.24, 2.45) is 0 Å². The second-order valence-corrected chi connectivity index (χ2v) is 6.27. The van der Waals surface area contributed by atoms with Crippen molar-refractivity contribution in [2.75, 3.05) is 5.32 Å². The van der Waals surface area contributed by atoms with Gasteiger partial charge in [0.2, 0.25) is 0 Å². The Morgan fingerprint density at radius 2 is 2.18 bits per heavy atom. The molecule has 0 aromatic carbocycles. The molecule has 0 bridgehead atoms. The van der Waals surface area contributed by atoms with E-state index in [9.17, 15) is 9.18 Å². The van der Waals surface area contributed by atoms with Crippen LogP contribution in [0.25, 0.3) is 0 Å². The predicted octanol–water partition coefficient (Wildman–Crippen LogP) is 4.06. The van der Waals surface area contributed by atoms with Crippen molar-refractivity contribution in [2.45, 2.75) is 0 Å². The van der Waals surface area contributed by atoms with E-state index in [2.05, 4.69) is 42.2 Å². The molecule has 0 saturated heterocycles. The summed E-state index contributed by atoms with van der Waals surface area (Å²) in [6.07, 6.45) is 1.05. The minimum absolute atomic E-state index is 0.277. The largest absolute Gasteiger partial charge is 0.306 e. The smallest absolute Gasteiger partial charge is 0.266 e. The van der Waals surface area contributed by atoms with Crippen LogP contribution in [-0.4, -0.2) is 10.9 Å². The van der Waals surface area contributed by atoms with Crippen LogP contribution in [0.1, 0.15) is 9.67 Å². The van der Waals surface area contributed by atoms with Crippen LogP contribution >= 0.6 is 43.2 Å². The van der Waals surface area contributed by atoms with Gasteiger partial charge in [-0.2, -0.15) is 0 Å². The van der Waals surface area contributed by atoms with Crippen LogP contribution < -0.4 is 5.32 Å². The number of aromatic nitrogens is 1. The summed E-state index contributed by atoms with van der Waals surface area (Å²) >= 11 is 7.90. The highest BCUT2D eigenvalue weighted by molar-refractivity contribution is 9.13. The average Bonchev–Trinajstić information content (AvgIpc) is 2.63. The van der Waals surface area contributed by atoms with E-state index in [1.54, 1.807) is 6.07 Å². The zero-order chi connectivity index (χ0) is 12.4. The lowest BCUT2D eigenvalue weighted by Gasteiger charge is -2.01. The number of carbonyl (C=O) groups excluding carboxylic acids is 1. The van der Waals surface area contributed by atoms with Crippen LogP contribution in [-0.2, 0) is 0 Å². The van der Waals surface area contributed by atoms with Gasteiger partial charge in [-0.1, -0.05) is 0 Å². The molecule has 0 unspecified atom stereocenters. The third kappa shape index (κ3) is 3.11. The minimum atomic E-state index is -0.440. The summed E-state index contributed by atoms with van der Waals surface area (Å²) < 4.78 is 14.3. The lowest BCUT2D eigenvalue weighted by molar-refractivity contribution is 0.103. The van der Waals surface area contributed by atoms with E-state index < -0.39 is 5.82 Å². The van der Waals surface area contributed by atoms with Gasteiger partial charge >= 0.3 is 0 Å². The normalized spacial score (nSPS) is 10.3. The van der Waals surface area contributed by atoms with Gasteiger partial charge in [0, 0.05) is 4.47 Å². The first-order chi connectivity index (χ1) is 8.06. The van der Waals surface area contributed by atoms with E-state index in [4.69, 9.17) is 0 Å². The fourth-order valence-electron chi connectivity index (χ4n) is 1.09. The topological polar surface area (TPSA) is 42.0 Å². The minimum Gasteiger partial charge on any atom is -0.306 e. The summed E-state index contributed by atoms with van der Waals surface area (Å²) in [7, 11) is 0. The highest BCUT2D eigenvalue weighted by atomic mass is 79.9. The van der Waals surface area contributed by atoms with Crippen LogP contribution in [0.4, 0.5) is 10.2 Å². The Morgan fingerprint density at radius 1 is 1.41 bits per heavy atom. The number of carbonyl (C=O) groups is 1. The van der Waals surface area contributed by atoms with E-state index in [0.29, 0.717) is 10.7 Å². The molecule has 1 N–H and O–H groups in total. The summed E-state index contributed by atoms with van der Waals surface area (Å²) in [5, 5.41) is 2.58. The van der Waals surface area contributed by atoms with Crippen LogP contribution in [0.3, 0.4) is 0 Å². The predicted molar refractivity (Wildman–Crippen MR) is 71.9 cm³/mol. The summed E-state index contributed by atoms with van der Waals surface area (Å²) in [6.45, 7) is 0. The second-order valence-electron chi connectivity index (χ2n) is 3.05. The van der Waals surface area contributed by atoms with Crippen LogP contribution in [0.5, 0.6) is 0 Å². The van der Waals surface area contributed by atoms with Crippen LogP contribution in [0, 0.1) is 5.82 Å². The summed E-state index contributed by atoms with van der Waals surface area (Å²) in [6, 6.07) is 4.35. The molecule has 0 saturated carbocycles. The molecule has 0 aliphatic heterocycles. The molecule has 1 amide bonds. The van der Waals surface area contributed by atoms with Gasteiger partial charge in [0.05, 0.1) is 14.9 Å². The zero-order valence-electron chi connectivity index (χ0n) is 8.21. The van der Waals surface area contributed by atoms with Gasteiger partial charge in [-0.05, 0) is 50.1 Å². The van der Waals surface area contributed by atoms with Gasteiger partial charge in [-0.3, -0.25) is 4.79 Å². The lowest BCUT2D eigenvalue weighted by atomic mass is 10.4. The summed E-state index contributed by atoms with van der Waals surface area (Å²) in [5.74, 6) is -0.401. The zero-order valence-corrected chi connectivity index (χ0v) is 12.2. The number of hydrogen-bond acceptors (Lipinski definition) is 3. The molecule has 3 nitrogen and oxygen atoms in total. The molecule has 2 rings (SSSR count). The van der Waals surface area contributed by atoms with E-state index in [-0.39, 0.29) is 5.91 Å². The van der Waals surface area contributed by atoms with E-state index in [0.717, 1.165) is 14.5 Å². The SMILES string of the molecule is O=C(Nc1ccc(F)cn1)c1cc(Br)c(Br)s1. The number of pyridine rings is 1. The molecular weight excluding hydrogens is 375 g/mol. The van der Waals surface area contributed by atoms with Crippen LogP contribution in [0.15, 0.2) is 32.7 Å². The molecular formula is C10H5Br2FN2OS. The van der Waals surface area contributed by atoms with Crippen LogP contribution in [0.2, 0.25) is 0 Å². The quantitative estimate of drug-likeness (QED) is 0.854. The Labute approximate surface area is 117 Å². The monoisotopic (exact) mass is 378 g/mol. The number of amides is 1. The van der Waals surface area contributed by atoms with Gasteiger partial charge in [-0.15, -0.1) is 11.3 Å². The first-order valence-corrected chi connectivity index (χ1v) is 6.84. The van der Waals surface area contributed by atoms with Crippen molar-refractivity contribution >= 4 is 54.9 Å².